The monoisotopic (exact) mass is 426 g/mol. The molecule has 166 valence electrons. The Kier molecular flexibility index (Phi) is 8.72. The van der Waals surface area contributed by atoms with Crippen LogP contribution in [-0.4, -0.2) is 56.2 Å². The van der Waals surface area contributed by atoms with Crippen molar-refractivity contribution in [1.29, 1.82) is 0 Å². The molecule has 1 aliphatic rings. The van der Waals surface area contributed by atoms with E-state index in [0.717, 1.165) is 30.0 Å². The lowest BCUT2D eigenvalue weighted by molar-refractivity contribution is -0.149. The average Bonchev–Trinajstić information content (AvgIpc) is 2.79. The van der Waals surface area contributed by atoms with Gasteiger partial charge in [0.25, 0.3) is 0 Å². The molecule has 0 saturated carbocycles. The van der Waals surface area contributed by atoms with E-state index in [-0.39, 0.29) is 17.8 Å². The van der Waals surface area contributed by atoms with Crippen LogP contribution in [0.5, 0.6) is 11.5 Å². The van der Waals surface area contributed by atoms with Gasteiger partial charge in [-0.05, 0) is 69.3 Å². The number of piperidine rings is 1. The molecular weight excluding hydrogens is 396 g/mol. The van der Waals surface area contributed by atoms with Crippen molar-refractivity contribution in [2.45, 2.75) is 19.8 Å². The van der Waals surface area contributed by atoms with E-state index in [1.54, 1.807) is 0 Å². The highest BCUT2D eigenvalue weighted by atomic mass is 16.5. The van der Waals surface area contributed by atoms with Crippen LogP contribution >= 0.6 is 0 Å². The Balaban J connectivity index is 1.34. The predicted octanol–water partition coefficient (Wildman–Crippen LogP) is 3.36. The van der Waals surface area contributed by atoms with Gasteiger partial charge in [0.05, 0.1) is 19.1 Å². The summed E-state index contributed by atoms with van der Waals surface area (Å²) in [6.07, 6.45) is 1.46. The zero-order chi connectivity index (χ0) is 21.9. The first-order valence-corrected chi connectivity index (χ1v) is 10.7. The summed E-state index contributed by atoms with van der Waals surface area (Å²) >= 11 is 0. The summed E-state index contributed by atoms with van der Waals surface area (Å²) in [7, 11) is 0. The van der Waals surface area contributed by atoms with Gasteiger partial charge >= 0.3 is 5.97 Å². The second-order valence-electron chi connectivity index (χ2n) is 7.38. The van der Waals surface area contributed by atoms with E-state index in [2.05, 4.69) is 10.2 Å². The number of esters is 1. The minimum Gasteiger partial charge on any atom is -0.490 e. The van der Waals surface area contributed by atoms with Crippen molar-refractivity contribution >= 4 is 17.6 Å². The molecule has 0 unspecified atom stereocenters. The zero-order valence-corrected chi connectivity index (χ0v) is 17.9. The molecule has 0 radical (unpaired) electrons. The number of ether oxygens (including phenoxy) is 3. The maximum atomic E-state index is 12.3. The molecule has 31 heavy (non-hydrogen) atoms. The first-order chi connectivity index (χ1) is 15.1. The molecular formula is C24H30N2O5. The maximum absolute atomic E-state index is 12.3. The van der Waals surface area contributed by atoms with Gasteiger partial charge in [0, 0.05) is 5.69 Å². The summed E-state index contributed by atoms with van der Waals surface area (Å²) in [5, 5.41) is 2.91. The lowest BCUT2D eigenvalue weighted by Gasteiger charge is -2.30. The van der Waals surface area contributed by atoms with E-state index >= 15 is 0 Å². The van der Waals surface area contributed by atoms with Gasteiger partial charge in [0.1, 0.15) is 24.7 Å². The third kappa shape index (κ3) is 7.61. The molecule has 7 nitrogen and oxygen atoms in total. The molecule has 7 heteroatoms. The van der Waals surface area contributed by atoms with E-state index < -0.39 is 0 Å². The van der Waals surface area contributed by atoms with Gasteiger partial charge in [-0.2, -0.15) is 0 Å². The number of hydrogen-bond acceptors (Lipinski definition) is 6. The average molecular weight is 427 g/mol. The molecule has 1 heterocycles. The van der Waals surface area contributed by atoms with E-state index in [9.17, 15) is 9.59 Å². The van der Waals surface area contributed by atoms with Gasteiger partial charge in [0.2, 0.25) is 5.91 Å². The van der Waals surface area contributed by atoms with Gasteiger partial charge in [-0.1, -0.05) is 18.2 Å². The SMILES string of the molecule is CCOC(=O)C1CCN(CC(=O)Nc2ccc(OCCOc3ccccc3)cc2)CC1. The standard InChI is InChI=1S/C24H30N2O5/c1-2-29-24(28)19-12-14-26(15-13-19)18-23(27)25-20-8-10-22(11-9-20)31-17-16-30-21-6-4-3-5-7-21/h3-11,19H,2,12-18H2,1H3,(H,25,27). The number of likely N-dealkylation sites (tertiary alicyclic amines) is 1. The number of rotatable bonds is 10. The number of hydrogen-bond donors (Lipinski definition) is 1. The van der Waals surface area contributed by atoms with Crippen LogP contribution in [0.3, 0.4) is 0 Å². The van der Waals surface area contributed by atoms with Crippen molar-refractivity contribution in [3.63, 3.8) is 0 Å². The fourth-order valence-corrected chi connectivity index (χ4v) is 3.46. The molecule has 1 fully saturated rings. The van der Waals surface area contributed by atoms with Crippen LogP contribution in [0.25, 0.3) is 0 Å². The molecule has 2 aromatic rings. The van der Waals surface area contributed by atoms with Crippen LogP contribution < -0.4 is 14.8 Å². The number of amides is 1. The van der Waals surface area contributed by atoms with Crippen molar-refractivity contribution in [1.82, 2.24) is 4.90 Å². The summed E-state index contributed by atoms with van der Waals surface area (Å²) < 4.78 is 16.4. The Hall–Kier alpha value is -3.06. The number of para-hydroxylation sites is 1. The number of anilines is 1. The van der Waals surface area contributed by atoms with Crippen molar-refractivity contribution in [3.8, 4) is 11.5 Å². The smallest absolute Gasteiger partial charge is 0.309 e. The number of nitrogens with zero attached hydrogens (tertiary/aromatic N) is 1. The molecule has 1 aliphatic heterocycles. The molecule has 0 atom stereocenters. The molecule has 1 saturated heterocycles. The van der Waals surface area contributed by atoms with Crippen molar-refractivity contribution in [3.05, 3.63) is 54.6 Å². The Bertz CT molecular complexity index is 818. The molecule has 0 spiro atoms. The molecule has 0 aromatic heterocycles. The van der Waals surface area contributed by atoms with Crippen molar-refractivity contribution in [2.75, 3.05) is 44.8 Å². The van der Waals surface area contributed by atoms with Gasteiger partial charge in [0.15, 0.2) is 0 Å². The Morgan fingerprint density at radius 3 is 2.16 bits per heavy atom. The van der Waals surface area contributed by atoms with Gasteiger partial charge in [-0.3, -0.25) is 14.5 Å². The fourth-order valence-electron chi connectivity index (χ4n) is 3.46. The first-order valence-electron chi connectivity index (χ1n) is 10.7. The third-order valence-electron chi connectivity index (χ3n) is 5.08. The summed E-state index contributed by atoms with van der Waals surface area (Å²) in [6, 6.07) is 16.9. The van der Waals surface area contributed by atoms with Crippen LogP contribution in [-0.2, 0) is 14.3 Å². The van der Waals surface area contributed by atoms with E-state index in [0.29, 0.717) is 39.5 Å². The molecule has 3 rings (SSSR count). The second kappa shape index (κ2) is 12.0. The predicted molar refractivity (Wildman–Crippen MR) is 118 cm³/mol. The highest BCUT2D eigenvalue weighted by Crippen LogP contribution is 2.19. The van der Waals surface area contributed by atoms with Crippen LogP contribution in [0.1, 0.15) is 19.8 Å². The van der Waals surface area contributed by atoms with Crippen LogP contribution in [0.2, 0.25) is 0 Å². The quantitative estimate of drug-likeness (QED) is 0.464. The van der Waals surface area contributed by atoms with Crippen LogP contribution in [0.4, 0.5) is 5.69 Å². The summed E-state index contributed by atoms with van der Waals surface area (Å²) in [4.78, 5) is 26.2. The lowest BCUT2D eigenvalue weighted by atomic mass is 9.97. The highest BCUT2D eigenvalue weighted by molar-refractivity contribution is 5.92. The van der Waals surface area contributed by atoms with Crippen LogP contribution in [0, 0.1) is 5.92 Å². The topological polar surface area (TPSA) is 77.1 Å². The summed E-state index contributed by atoms with van der Waals surface area (Å²) in [6.45, 7) is 4.86. The maximum Gasteiger partial charge on any atom is 0.309 e. The van der Waals surface area contributed by atoms with E-state index in [1.165, 1.54) is 0 Å². The largest absolute Gasteiger partial charge is 0.490 e. The second-order valence-corrected chi connectivity index (χ2v) is 7.38. The molecule has 1 N–H and O–H groups in total. The third-order valence-corrected chi connectivity index (χ3v) is 5.08. The van der Waals surface area contributed by atoms with Crippen molar-refractivity contribution in [2.24, 2.45) is 5.92 Å². The first kappa shape index (κ1) is 22.6. The number of carbonyl (C=O) groups excluding carboxylic acids is 2. The molecule has 0 aliphatic carbocycles. The highest BCUT2D eigenvalue weighted by Gasteiger charge is 2.26. The number of nitrogens with one attached hydrogen (secondary N) is 1. The molecule has 2 aromatic carbocycles. The minimum absolute atomic E-state index is 0.0510. The number of benzene rings is 2. The summed E-state index contributed by atoms with van der Waals surface area (Å²) in [5.41, 5.74) is 0.722. The van der Waals surface area contributed by atoms with E-state index in [4.69, 9.17) is 14.2 Å². The number of carbonyl (C=O) groups is 2. The van der Waals surface area contributed by atoms with E-state index in [1.807, 2.05) is 61.5 Å². The summed E-state index contributed by atoms with van der Waals surface area (Å²) in [5.74, 6) is 1.29. The van der Waals surface area contributed by atoms with Crippen LogP contribution in [0.15, 0.2) is 54.6 Å². The normalized spacial score (nSPS) is 14.6. The molecule has 0 bridgehead atoms. The Morgan fingerprint density at radius 2 is 1.55 bits per heavy atom. The Morgan fingerprint density at radius 1 is 0.935 bits per heavy atom. The lowest BCUT2D eigenvalue weighted by Crippen LogP contribution is -2.41. The zero-order valence-electron chi connectivity index (χ0n) is 17.9. The fraction of sp³-hybridized carbons (Fsp3) is 0.417. The Labute approximate surface area is 183 Å². The molecule has 1 amide bonds. The van der Waals surface area contributed by atoms with Crippen molar-refractivity contribution < 1.29 is 23.8 Å². The van der Waals surface area contributed by atoms with Gasteiger partial charge < -0.3 is 19.5 Å². The minimum atomic E-state index is -0.125. The van der Waals surface area contributed by atoms with Gasteiger partial charge in [-0.25, -0.2) is 0 Å². The van der Waals surface area contributed by atoms with Gasteiger partial charge in [-0.15, -0.1) is 0 Å².